The van der Waals surface area contributed by atoms with Crippen LogP contribution in [0.1, 0.15) is 23.2 Å². The predicted octanol–water partition coefficient (Wildman–Crippen LogP) is 3.40. The first kappa shape index (κ1) is 18.9. The largest absolute Gasteiger partial charge is 0.315 e. The molecule has 0 spiro atoms. The van der Waals surface area contributed by atoms with E-state index in [-0.39, 0.29) is 11.8 Å². The van der Waals surface area contributed by atoms with E-state index in [0.717, 1.165) is 22.5 Å². The fourth-order valence-corrected chi connectivity index (χ4v) is 3.77. The molecule has 1 aromatic heterocycles. The molecule has 0 saturated carbocycles. The summed E-state index contributed by atoms with van der Waals surface area (Å²) in [6.45, 7) is 2.58. The number of hydrogen-bond donors (Lipinski definition) is 1. The Morgan fingerprint density at radius 1 is 1.14 bits per heavy atom. The summed E-state index contributed by atoms with van der Waals surface area (Å²) in [6, 6.07) is 19.7. The SMILES string of the molecule is Cc1cc(NC(=O)C2CCc3ccccc3N(C)C2=O)nn1Cc1ccccc1. The van der Waals surface area contributed by atoms with E-state index >= 15 is 0 Å². The topological polar surface area (TPSA) is 67.2 Å². The van der Waals surface area contributed by atoms with Crippen LogP contribution in [0.3, 0.4) is 0 Å². The quantitative estimate of drug-likeness (QED) is 0.697. The molecule has 4 rings (SSSR count). The Hall–Kier alpha value is -3.41. The first-order valence-corrected chi connectivity index (χ1v) is 9.77. The molecule has 1 aliphatic heterocycles. The molecule has 148 valence electrons. The van der Waals surface area contributed by atoms with E-state index in [0.29, 0.717) is 25.2 Å². The maximum absolute atomic E-state index is 12.9. The number of amides is 2. The lowest BCUT2D eigenvalue weighted by atomic mass is 9.99. The molecule has 1 N–H and O–H groups in total. The van der Waals surface area contributed by atoms with Crippen molar-refractivity contribution in [3.8, 4) is 0 Å². The highest BCUT2D eigenvalue weighted by Gasteiger charge is 2.33. The van der Waals surface area contributed by atoms with Gasteiger partial charge >= 0.3 is 0 Å². The zero-order valence-electron chi connectivity index (χ0n) is 16.6. The molecule has 2 aromatic carbocycles. The van der Waals surface area contributed by atoms with Gasteiger partial charge in [0.2, 0.25) is 11.8 Å². The van der Waals surface area contributed by atoms with Crippen molar-refractivity contribution in [1.29, 1.82) is 0 Å². The van der Waals surface area contributed by atoms with E-state index in [1.54, 1.807) is 11.9 Å². The molecule has 2 amide bonds. The molecule has 3 aromatic rings. The van der Waals surface area contributed by atoms with Crippen LogP contribution in [0.15, 0.2) is 60.7 Å². The molecule has 1 unspecified atom stereocenters. The molecule has 0 saturated heterocycles. The summed E-state index contributed by atoms with van der Waals surface area (Å²) >= 11 is 0. The first-order valence-electron chi connectivity index (χ1n) is 9.77. The molecule has 0 radical (unpaired) electrons. The minimum atomic E-state index is -0.730. The van der Waals surface area contributed by atoms with Crippen LogP contribution < -0.4 is 10.2 Å². The summed E-state index contributed by atoms with van der Waals surface area (Å²) in [7, 11) is 1.73. The normalized spacial score (nSPS) is 16.3. The summed E-state index contributed by atoms with van der Waals surface area (Å²) in [5, 5.41) is 7.35. The van der Waals surface area contributed by atoms with Crippen molar-refractivity contribution in [3.63, 3.8) is 0 Å². The van der Waals surface area contributed by atoms with Gasteiger partial charge in [-0.05, 0) is 37.0 Å². The monoisotopic (exact) mass is 388 g/mol. The second-order valence-electron chi connectivity index (χ2n) is 7.42. The van der Waals surface area contributed by atoms with Gasteiger partial charge in [0.25, 0.3) is 0 Å². The predicted molar refractivity (Wildman–Crippen MR) is 113 cm³/mol. The number of aromatic nitrogens is 2. The third-order valence-electron chi connectivity index (χ3n) is 5.41. The molecule has 1 atom stereocenters. The molecule has 0 bridgehead atoms. The number of nitrogens with one attached hydrogen (secondary N) is 1. The molecule has 0 aliphatic carbocycles. The van der Waals surface area contributed by atoms with Crippen LogP contribution in [0.2, 0.25) is 0 Å². The van der Waals surface area contributed by atoms with Gasteiger partial charge in [-0.1, -0.05) is 48.5 Å². The van der Waals surface area contributed by atoms with Crippen LogP contribution in [-0.4, -0.2) is 28.6 Å². The summed E-state index contributed by atoms with van der Waals surface area (Å²) in [5.74, 6) is -0.750. The van der Waals surface area contributed by atoms with E-state index < -0.39 is 5.92 Å². The zero-order valence-corrected chi connectivity index (χ0v) is 16.6. The van der Waals surface area contributed by atoms with Crippen LogP contribution in [0.4, 0.5) is 11.5 Å². The lowest BCUT2D eigenvalue weighted by Crippen LogP contribution is -2.38. The van der Waals surface area contributed by atoms with Crippen LogP contribution in [-0.2, 0) is 22.6 Å². The van der Waals surface area contributed by atoms with Gasteiger partial charge in [-0.3, -0.25) is 14.3 Å². The van der Waals surface area contributed by atoms with Gasteiger partial charge in [0.05, 0.1) is 6.54 Å². The maximum Gasteiger partial charge on any atom is 0.239 e. The number of nitrogens with zero attached hydrogens (tertiary/aromatic N) is 3. The second-order valence-corrected chi connectivity index (χ2v) is 7.42. The van der Waals surface area contributed by atoms with Crippen molar-refractivity contribution in [2.45, 2.75) is 26.3 Å². The number of carbonyl (C=O) groups excluding carboxylic acids is 2. The van der Waals surface area contributed by atoms with Crippen molar-refractivity contribution in [1.82, 2.24) is 9.78 Å². The van der Waals surface area contributed by atoms with Crippen LogP contribution in [0, 0.1) is 12.8 Å². The summed E-state index contributed by atoms with van der Waals surface area (Å²) < 4.78 is 1.85. The van der Waals surface area contributed by atoms with Gasteiger partial charge < -0.3 is 10.2 Å². The van der Waals surface area contributed by atoms with E-state index in [1.807, 2.05) is 72.3 Å². The minimum Gasteiger partial charge on any atom is -0.315 e. The number of para-hydroxylation sites is 1. The Kier molecular flexibility index (Phi) is 5.16. The van der Waals surface area contributed by atoms with Gasteiger partial charge in [-0.25, -0.2) is 0 Å². The number of hydrogen-bond acceptors (Lipinski definition) is 3. The van der Waals surface area contributed by atoms with Crippen molar-refractivity contribution >= 4 is 23.3 Å². The van der Waals surface area contributed by atoms with Crippen molar-refractivity contribution in [2.75, 3.05) is 17.3 Å². The Balaban J connectivity index is 1.48. The third kappa shape index (κ3) is 3.92. The number of benzene rings is 2. The van der Waals surface area contributed by atoms with E-state index in [2.05, 4.69) is 10.4 Å². The molecule has 0 fully saturated rings. The average Bonchev–Trinajstić information content (AvgIpc) is 3.00. The highest BCUT2D eigenvalue weighted by molar-refractivity contribution is 6.12. The number of rotatable bonds is 4. The lowest BCUT2D eigenvalue weighted by molar-refractivity contribution is -0.130. The molecule has 1 aliphatic rings. The summed E-state index contributed by atoms with van der Waals surface area (Å²) in [4.78, 5) is 27.4. The summed E-state index contributed by atoms with van der Waals surface area (Å²) in [6.07, 6.45) is 1.17. The first-order chi connectivity index (χ1) is 14.0. The molecule has 6 nitrogen and oxygen atoms in total. The smallest absolute Gasteiger partial charge is 0.239 e. The highest BCUT2D eigenvalue weighted by atomic mass is 16.2. The number of carbonyl (C=O) groups is 2. The standard InChI is InChI=1S/C23H24N4O2/c1-16-14-21(25-27(16)15-17-8-4-3-5-9-17)24-22(28)19-13-12-18-10-6-7-11-20(18)26(2)23(19)29/h3-11,14,19H,12-13,15H2,1-2H3,(H,24,25,28). The van der Waals surface area contributed by atoms with Crippen molar-refractivity contribution in [3.05, 3.63) is 77.5 Å². The molecule has 6 heteroatoms. The van der Waals surface area contributed by atoms with Crippen molar-refractivity contribution in [2.24, 2.45) is 5.92 Å². The average molecular weight is 388 g/mol. The fourth-order valence-electron chi connectivity index (χ4n) is 3.77. The fraction of sp³-hybridized carbons (Fsp3) is 0.261. The number of anilines is 2. The van der Waals surface area contributed by atoms with E-state index in [9.17, 15) is 9.59 Å². The zero-order chi connectivity index (χ0) is 20.4. The lowest BCUT2D eigenvalue weighted by Gasteiger charge is -2.20. The number of fused-ring (bicyclic) bond motifs is 1. The van der Waals surface area contributed by atoms with Crippen LogP contribution in [0.25, 0.3) is 0 Å². The highest BCUT2D eigenvalue weighted by Crippen LogP contribution is 2.28. The Labute approximate surface area is 170 Å². The second kappa shape index (κ2) is 7.91. The molecule has 2 heterocycles. The van der Waals surface area contributed by atoms with Crippen molar-refractivity contribution < 1.29 is 9.59 Å². The van der Waals surface area contributed by atoms with Gasteiger partial charge in [0, 0.05) is 24.5 Å². The molecular formula is C23H24N4O2. The third-order valence-corrected chi connectivity index (χ3v) is 5.41. The molecule has 29 heavy (non-hydrogen) atoms. The van der Waals surface area contributed by atoms with E-state index in [4.69, 9.17) is 0 Å². The van der Waals surface area contributed by atoms with E-state index in [1.165, 1.54) is 0 Å². The Bertz CT molecular complexity index is 1040. The van der Waals surface area contributed by atoms with Crippen LogP contribution in [0.5, 0.6) is 0 Å². The van der Waals surface area contributed by atoms with Crippen LogP contribution >= 0.6 is 0 Å². The van der Waals surface area contributed by atoms with Gasteiger partial charge in [0.15, 0.2) is 5.82 Å². The minimum absolute atomic E-state index is 0.187. The number of aryl methyl sites for hydroxylation is 2. The Morgan fingerprint density at radius 2 is 1.86 bits per heavy atom. The van der Waals surface area contributed by atoms with Gasteiger partial charge in [0.1, 0.15) is 5.92 Å². The Morgan fingerprint density at radius 3 is 2.66 bits per heavy atom. The molecular weight excluding hydrogens is 364 g/mol. The summed E-state index contributed by atoms with van der Waals surface area (Å²) in [5.41, 5.74) is 4.04. The van der Waals surface area contributed by atoms with Gasteiger partial charge in [-0.2, -0.15) is 5.10 Å². The van der Waals surface area contributed by atoms with Gasteiger partial charge in [-0.15, -0.1) is 0 Å². The maximum atomic E-state index is 12.9.